The van der Waals surface area contributed by atoms with Gasteiger partial charge in [0.05, 0.1) is 18.6 Å². The first-order chi connectivity index (χ1) is 9.31. The topological polar surface area (TPSA) is 35.5 Å². The van der Waals surface area contributed by atoms with Crippen molar-refractivity contribution in [1.29, 1.82) is 0 Å². The van der Waals surface area contributed by atoms with E-state index in [2.05, 4.69) is 6.92 Å². The van der Waals surface area contributed by atoms with Crippen LogP contribution in [0, 0.1) is 11.3 Å². The Hall–Kier alpha value is -0.830. The van der Waals surface area contributed by atoms with Gasteiger partial charge in [0.2, 0.25) is 0 Å². The van der Waals surface area contributed by atoms with E-state index in [0.29, 0.717) is 0 Å². The lowest BCUT2D eigenvalue weighted by atomic mass is 9.71. The maximum absolute atomic E-state index is 12.4. The van der Waals surface area contributed by atoms with Gasteiger partial charge in [-0.15, -0.1) is 0 Å². The Balaban J connectivity index is 1.81. The molecular weight excluding hydrogens is 252 g/mol. The van der Waals surface area contributed by atoms with Crippen molar-refractivity contribution >= 4 is 5.97 Å². The summed E-state index contributed by atoms with van der Waals surface area (Å²) in [7, 11) is 0. The molecule has 0 bridgehead atoms. The van der Waals surface area contributed by atoms with Gasteiger partial charge in [0.15, 0.2) is 0 Å². The number of esters is 1. The smallest absolute Gasteiger partial charge is 0.309 e. The van der Waals surface area contributed by atoms with E-state index in [9.17, 15) is 4.79 Å². The Morgan fingerprint density at radius 2 is 2.05 bits per heavy atom. The molecule has 2 atom stereocenters. The summed E-state index contributed by atoms with van der Waals surface area (Å²) >= 11 is 0. The minimum absolute atomic E-state index is 0.00512. The van der Waals surface area contributed by atoms with Gasteiger partial charge in [-0.25, -0.2) is 0 Å². The molecule has 0 aromatic carbocycles. The van der Waals surface area contributed by atoms with E-state index in [1.165, 1.54) is 24.0 Å². The SMILES string of the molecule is CC1OCCC2=C1C1(CC1)CC(C(=O)OC(C)(C)C)C2. The summed E-state index contributed by atoms with van der Waals surface area (Å²) in [5, 5.41) is 0. The highest BCUT2D eigenvalue weighted by Crippen LogP contribution is 2.62. The normalized spacial score (nSPS) is 32.0. The number of carbonyl (C=O) groups is 1. The summed E-state index contributed by atoms with van der Waals surface area (Å²) in [4.78, 5) is 12.4. The molecule has 0 aromatic rings. The molecule has 0 amide bonds. The van der Waals surface area contributed by atoms with Gasteiger partial charge in [-0.2, -0.15) is 0 Å². The van der Waals surface area contributed by atoms with Crippen LogP contribution in [0.2, 0.25) is 0 Å². The van der Waals surface area contributed by atoms with Crippen LogP contribution in [-0.2, 0) is 14.3 Å². The van der Waals surface area contributed by atoms with Crippen molar-refractivity contribution in [3.05, 3.63) is 11.1 Å². The summed E-state index contributed by atoms with van der Waals surface area (Å²) in [5.74, 6) is 0.0512. The van der Waals surface area contributed by atoms with Crippen molar-refractivity contribution in [3.8, 4) is 0 Å². The fourth-order valence-corrected chi connectivity index (χ4v) is 4.01. The third kappa shape index (κ3) is 2.52. The number of rotatable bonds is 1. The first-order valence-corrected chi connectivity index (χ1v) is 7.88. The minimum atomic E-state index is -0.384. The van der Waals surface area contributed by atoms with Gasteiger partial charge in [-0.05, 0) is 70.8 Å². The average molecular weight is 278 g/mol. The van der Waals surface area contributed by atoms with Crippen LogP contribution >= 0.6 is 0 Å². The lowest BCUT2D eigenvalue weighted by Crippen LogP contribution is -2.37. The van der Waals surface area contributed by atoms with Crippen LogP contribution in [0.25, 0.3) is 0 Å². The minimum Gasteiger partial charge on any atom is -0.460 e. The zero-order valence-electron chi connectivity index (χ0n) is 13.1. The quantitative estimate of drug-likeness (QED) is 0.543. The molecule has 1 saturated carbocycles. The number of carbonyl (C=O) groups excluding carboxylic acids is 1. The van der Waals surface area contributed by atoms with E-state index in [4.69, 9.17) is 9.47 Å². The third-order valence-corrected chi connectivity index (χ3v) is 4.85. The van der Waals surface area contributed by atoms with Gasteiger partial charge >= 0.3 is 5.97 Å². The number of hydrogen-bond donors (Lipinski definition) is 0. The first kappa shape index (κ1) is 14.1. The molecule has 112 valence electrons. The van der Waals surface area contributed by atoms with Crippen molar-refractivity contribution in [2.24, 2.45) is 11.3 Å². The Morgan fingerprint density at radius 1 is 1.35 bits per heavy atom. The Labute approximate surface area is 121 Å². The molecule has 2 aliphatic carbocycles. The molecule has 3 heteroatoms. The summed E-state index contributed by atoms with van der Waals surface area (Å²) in [5.41, 5.74) is 2.91. The van der Waals surface area contributed by atoms with Crippen LogP contribution in [-0.4, -0.2) is 24.3 Å². The Morgan fingerprint density at radius 3 is 2.65 bits per heavy atom. The van der Waals surface area contributed by atoms with E-state index in [1.54, 1.807) is 0 Å². The zero-order chi connectivity index (χ0) is 14.5. The Bertz CT molecular complexity index is 451. The lowest BCUT2D eigenvalue weighted by molar-refractivity contribution is -0.161. The molecule has 0 N–H and O–H groups in total. The number of fused-ring (bicyclic) bond motifs is 1. The van der Waals surface area contributed by atoms with Gasteiger partial charge in [-0.1, -0.05) is 5.57 Å². The highest BCUT2D eigenvalue weighted by atomic mass is 16.6. The molecule has 3 rings (SSSR count). The third-order valence-electron chi connectivity index (χ3n) is 4.85. The molecule has 3 nitrogen and oxygen atoms in total. The van der Waals surface area contributed by atoms with Crippen LogP contribution in [0.1, 0.15) is 59.8 Å². The highest BCUT2D eigenvalue weighted by molar-refractivity contribution is 5.74. The Kier molecular flexibility index (Phi) is 3.24. The van der Waals surface area contributed by atoms with Gasteiger partial charge < -0.3 is 9.47 Å². The van der Waals surface area contributed by atoms with E-state index >= 15 is 0 Å². The number of hydrogen-bond acceptors (Lipinski definition) is 3. The van der Waals surface area contributed by atoms with Crippen LogP contribution in [0.15, 0.2) is 11.1 Å². The van der Waals surface area contributed by atoms with Crippen molar-refractivity contribution in [2.45, 2.75) is 71.5 Å². The van der Waals surface area contributed by atoms with Crippen molar-refractivity contribution in [3.63, 3.8) is 0 Å². The molecule has 3 aliphatic rings. The highest BCUT2D eigenvalue weighted by Gasteiger charge is 2.54. The molecule has 1 fully saturated rings. The second kappa shape index (κ2) is 4.59. The summed E-state index contributed by atoms with van der Waals surface area (Å²) in [6, 6.07) is 0. The maximum Gasteiger partial charge on any atom is 0.309 e. The fourth-order valence-electron chi connectivity index (χ4n) is 4.01. The molecule has 1 aliphatic heterocycles. The standard InChI is InChI=1S/C17H26O3/c1-11-14-12(5-8-19-11)9-13(10-17(14)6-7-17)15(18)20-16(2,3)4/h11,13H,5-10H2,1-4H3. The van der Waals surface area contributed by atoms with E-state index in [-0.39, 0.29) is 29.0 Å². The molecule has 0 radical (unpaired) electrons. The lowest BCUT2D eigenvalue weighted by Gasteiger charge is -2.39. The molecule has 0 saturated heterocycles. The molecule has 20 heavy (non-hydrogen) atoms. The van der Waals surface area contributed by atoms with E-state index in [1.807, 2.05) is 20.8 Å². The average Bonchev–Trinajstić information content (AvgIpc) is 3.06. The van der Waals surface area contributed by atoms with E-state index in [0.717, 1.165) is 25.9 Å². The van der Waals surface area contributed by atoms with Crippen LogP contribution < -0.4 is 0 Å². The monoisotopic (exact) mass is 278 g/mol. The molecular formula is C17H26O3. The molecule has 0 aromatic heterocycles. The van der Waals surface area contributed by atoms with Crippen LogP contribution in [0.3, 0.4) is 0 Å². The summed E-state index contributed by atoms with van der Waals surface area (Å²) < 4.78 is 11.4. The predicted molar refractivity (Wildman–Crippen MR) is 77.3 cm³/mol. The first-order valence-electron chi connectivity index (χ1n) is 7.88. The summed E-state index contributed by atoms with van der Waals surface area (Å²) in [6.45, 7) is 8.81. The fraction of sp³-hybridized carbons (Fsp3) is 0.824. The molecule has 1 spiro atoms. The van der Waals surface area contributed by atoms with Crippen molar-refractivity contribution in [2.75, 3.05) is 6.61 Å². The van der Waals surface area contributed by atoms with Crippen LogP contribution in [0.5, 0.6) is 0 Å². The molecule has 1 heterocycles. The van der Waals surface area contributed by atoms with Gasteiger partial charge in [0, 0.05) is 0 Å². The largest absolute Gasteiger partial charge is 0.460 e. The van der Waals surface area contributed by atoms with Gasteiger partial charge in [0.1, 0.15) is 5.60 Å². The van der Waals surface area contributed by atoms with Gasteiger partial charge in [0.25, 0.3) is 0 Å². The maximum atomic E-state index is 12.4. The van der Waals surface area contributed by atoms with Crippen molar-refractivity contribution < 1.29 is 14.3 Å². The second-order valence-electron chi connectivity index (χ2n) is 7.70. The zero-order valence-corrected chi connectivity index (χ0v) is 13.1. The van der Waals surface area contributed by atoms with E-state index < -0.39 is 0 Å². The molecule has 2 unspecified atom stereocenters. The van der Waals surface area contributed by atoms with Crippen LogP contribution in [0.4, 0.5) is 0 Å². The van der Waals surface area contributed by atoms with Crippen molar-refractivity contribution in [1.82, 2.24) is 0 Å². The number of ether oxygens (including phenoxy) is 2. The summed E-state index contributed by atoms with van der Waals surface area (Å²) in [6.07, 6.45) is 5.55. The second-order valence-corrected chi connectivity index (χ2v) is 7.70. The van der Waals surface area contributed by atoms with Gasteiger partial charge in [-0.3, -0.25) is 4.79 Å². The predicted octanol–water partition coefficient (Wildman–Crippen LogP) is 3.62.